The van der Waals surface area contributed by atoms with Crippen LogP contribution in [0, 0.1) is 18.6 Å². The highest BCUT2D eigenvalue weighted by Crippen LogP contribution is 2.31. The van der Waals surface area contributed by atoms with Gasteiger partial charge in [0.1, 0.15) is 22.9 Å². The molecular weight excluding hydrogens is 504 g/mol. The van der Waals surface area contributed by atoms with E-state index in [1.807, 2.05) is 25.3 Å². The third kappa shape index (κ3) is 5.18. The van der Waals surface area contributed by atoms with E-state index in [0.717, 1.165) is 19.0 Å². The van der Waals surface area contributed by atoms with Crippen molar-refractivity contribution in [3.8, 4) is 11.3 Å². The first kappa shape index (κ1) is 26.6. The molecule has 39 heavy (non-hydrogen) atoms. The fourth-order valence-electron chi connectivity index (χ4n) is 4.97. The fourth-order valence-corrected chi connectivity index (χ4v) is 4.97. The van der Waals surface area contributed by atoms with E-state index in [9.17, 15) is 13.6 Å². The van der Waals surface area contributed by atoms with Gasteiger partial charge in [0.05, 0.1) is 22.9 Å². The standard InChI is InChI=1S/C28H31F2N7O2/c1-16(2)37-17(3)33-25-20(29)12-19(13-22(25)37)24-21(30)15-32-27(35-24)34-23-7-6-18(14-31-23)26(38)36-10-8-28(4,39-5)9-11-36/h6-7,12-16H,8-11H2,1-5H3,(H,31,32,34,35). The van der Waals surface area contributed by atoms with Crippen LogP contribution in [0.3, 0.4) is 0 Å². The molecule has 1 aromatic carbocycles. The number of nitrogens with one attached hydrogen (secondary N) is 1. The Morgan fingerprint density at radius 2 is 1.82 bits per heavy atom. The van der Waals surface area contributed by atoms with Gasteiger partial charge in [-0.1, -0.05) is 0 Å². The Hall–Kier alpha value is -3.99. The minimum absolute atomic E-state index is 0.0403. The summed E-state index contributed by atoms with van der Waals surface area (Å²) >= 11 is 0. The quantitative estimate of drug-likeness (QED) is 0.351. The Kier molecular flexibility index (Phi) is 7.02. The molecule has 1 amide bonds. The van der Waals surface area contributed by atoms with Crippen LogP contribution in [-0.2, 0) is 4.74 Å². The fraction of sp³-hybridized carbons (Fsp3) is 0.393. The molecule has 0 aliphatic carbocycles. The molecule has 0 spiro atoms. The number of amides is 1. The summed E-state index contributed by atoms with van der Waals surface area (Å²) in [5.41, 5.74) is 1.26. The number of fused-ring (bicyclic) bond motifs is 1. The first-order chi connectivity index (χ1) is 18.6. The topological polar surface area (TPSA) is 98.1 Å². The van der Waals surface area contributed by atoms with Crippen LogP contribution in [0.5, 0.6) is 0 Å². The van der Waals surface area contributed by atoms with Crippen molar-refractivity contribution in [3.63, 3.8) is 0 Å². The van der Waals surface area contributed by atoms with Crippen molar-refractivity contribution in [2.45, 2.75) is 52.2 Å². The molecule has 11 heteroatoms. The number of carbonyl (C=O) groups excluding carboxylic acids is 1. The summed E-state index contributed by atoms with van der Waals surface area (Å²) in [5, 5.41) is 2.94. The van der Waals surface area contributed by atoms with Gasteiger partial charge in [0.15, 0.2) is 11.6 Å². The maximum Gasteiger partial charge on any atom is 0.255 e. The van der Waals surface area contributed by atoms with Gasteiger partial charge in [-0.15, -0.1) is 0 Å². The molecule has 1 fully saturated rings. The smallest absolute Gasteiger partial charge is 0.255 e. The van der Waals surface area contributed by atoms with Crippen molar-refractivity contribution in [2.24, 2.45) is 0 Å². The number of anilines is 2. The molecule has 1 saturated heterocycles. The lowest BCUT2D eigenvalue weighted by molar-refractivity contribution is -0.0379. The number of hydrogen-bond donors (Lipinski definition) is 1. The second-order valence-corrected chi connectivity index (χ2v) is 10.3. The number of aryl methyl sites for hydroxylation is 1. The number of nitrogens with zero attached hydrogens (tertiary/aromatic N) is 6. The Balaban J connectivity index is 1.36. The zero-order chi connectivity index (χ0) is 27.9. The van der Waals surface area contributed by atoms with Gasteiger partial charge in [0.25, 0.3) is 5.91 Å². The average Bonchev–Trinajstić information content (AvgIpc) is 3.27. The van der Waals surface area contributed by atoms with Gasteiger partial charge in [-0.25, -0.2) is 28.7 Å². The highest BCUT2D eigenvalue weighted by Gasteiger charge is 2.32. The lowest BCUT2D eigenvalue weighted by atomic mass is 9.93. The minimum Gasteiger partial charge on any atom is -0.378 e. The van der Waals surface area contributed by atoms with Crippen LogP contribution in [0.15, 0.2) is 36.7 Å². The van der Waals surface area contributed by atoms with Crippen LogP contribution in [0.2, 0.25) is 0 Å². The monoisotopic (exact) mass is 535 g/mol. The van der Waals surface area contributed by atoms with E-state index in [-0.39, 0.29) is 40.3 Å². The maximum atomic E-state index is 15.0. The van der Waals surface area contributed by atoms with E-state index < -0.39 is 11.6 Å². The van der Waals surface area contributed by atoms with Gasteiger partial charge in [0, 0.05) is 38.0 Å². The second-order valence-electron chi connectivity index (χ2n) is 10.3. The van der Waals surface area contributed by atoms with Crippen LogP contribution in [0.1, 0.15) is 55.8 Å². The highest BCUT2D eigenvalue weighted by atomic mass is 19.1. The third-order valence-corrected chi connectivity index (χ3v) is 7.31. The third-order valence-electron chi connectivity index (χ3n) is 7.31. The van der Waals surface area contributed by atoms with E-state index in [1.54, 1.807) is 30.2 Å². The van der Waals surface area contributed by atoms with Gasteiger partial charge in [0.2, 0.25) is 5.95 Å². The molecule has 0 unspecified atom stereocenters. The number of rotatable bonds is 6. The van der Waals surface area contributed by atoms with Gasteiger partial charge in [-0.05, 0) is 64.8 Å². The Morgan fingerprint density at radius 3 is 2.46 bits per heavy atom. The number of hydrogen-bond acceptors (Lipinski definition) is 7. The number of halogens is 2. The number of pyridine rings is 1. The summed E-state index contributed by atoms with van der Waals surface area (Å²) in [6.07, 6.45) is 4.04. The number of likely N-dealkylation sites (tertiary alicyclic amines) is 1. The lowest BCUT2D eigenvalue weighted by Gasteiger charge is -2.38. The molecule has 0 radical (unpaired) electrons. The number of piperidine rings is 1. The van der Waals surface area contributed by atoms with Crippen molar-refractivity contribution in [2.75, 3.05) is 25.5 Å². The number of aromatic nitrogens is 5. The van der Waals surface area contributed by atoms with Gasteiger partial charge in [-0.3, -0.25) is 4.79 Å². The van der Waals surface area contributed by atoms with Crippen molar-refractivity contribution in [1.82, 2.24) is 29.4 Å². The maximum absolute atomic E-state index is 15.0. The summed E-state index contributed by atoms with van der Waals surface area (Å²) in [6.45, 7) is 9.03. The predicted octanol–water partition coefficient (Wildman–Crippen LogP) is 5.44. The molecule has 5 rings (SSSR count). The average molecular weight is 536 g/mol. The van der Waals surface area contributed by atoms with Gasteiger partial charge in [-0.2, -0.15) is 0 Å². The van der Waals surface area contributed by atoms with Crippen molar-refractivity contribution in [3.05, 3.63) is 59.7 Å². The summed E-state index contributed by atoms with van der Waals surface area (Å²) in [5.74, 6) is -0.206. The zero-order valence-corrected chi connectivity index (χ0v) is 22.6. The number of methoxy groups -OCH3 is 1. The number of benzene rings is 1. The summed E-state index contributed by atoms with van der Waals surface area (Å²) in [6, 6.07) is 6.26. The molecule has 1 N–H and O–H groups in total. The van der Waals surface area contributed by atoms with Crippen LogP contribution < -0.4 is 5.32 Å². The molecule has 9 nitrogen and oxygen atoms in total. The molecule has 204 valence electrons. The van der Waals surface area contributed by atoms with E-state index in [0.29, 0.717) is 35.8 Å². The number of imidazole rings is 1. The summed E-state index contributed by atoms with van der Waals surface area (Å²) in [4.78, 5) is 31.7. The molecule has 1 aliphatic rings. The molecule has 4 aromatic rings. The van der Waals surface area contributed by atoms with Crippen LogP contribution in [-0.4, -0.2) is 61.1 Å². The second kappa shape index (κ2) is 10.3. The predicted molar refractivity (Wildman–Crippen MR) is 144 cm³/mol. The zero-order valence-electron chi connectivity index (χ0n) is 22.6. The van der Waals surface area contributed by atoms with Crippen LogP contribution in [0.25, 0.3) is 22.3 Å². The first-order valence-electron chi connectivity index (χ1n) is 12.9. The summed E-state index contributed by atoms with van der Waals surface area (Å²) in [7, 11) is 1.70. The molecule has 4 heterocycles. The molecule has 0 saturated carbocycles. The van der Waals surface area contributed by atoms with Crippen molar-refractivity contribution >= 4 is 28.7 Å². The van der Waals surface area contributed by atoms with E-state index in [1.165, 1.54) is 12.3 Å². The molecule has 0 atom stereocenters. The number of carbonyl (C=O) groups is 1. The van der Waals surface area contributed by atoms with E-state index in [4.69, 9.17) is 4.74 Å². The Bertz CT molecular complexity index is 1530. The van der Waals surface area contributed by atoms with Gasteiger partial charge < -0.3 is 19.5 Å². The SMILES string of the molecule is COC1(C)CCN(C(=O)c2ccc(Nc3ncc(F)c(-c4cc(F)c5nc(C)n(C(C)C)c5c4)n3)nc2)CC1. The molecule has 1 aliphatic heterocycles. The normalized spacial score (nSPS) is 15.2. The largest absolute Gasteiger partial charge is 0.378 e. The molecular formula is C28H31F2N7O2. The summed E-state index contributed by atoms with van der Waals surface area (Å²) < 4.78 is 37.2. The van der Waals surface area contributed by atoms with Crippen LogP contribution in [0.4, 0.5) is 20.5 Å². The first-order valence-corrected chi connectivity index (χ1v) is 12.9. The van der Waals surface area contributed by atoms with Crippen molar-refractivity contribution < 1.29 is 18.3 Å². The lowest BCUT2D eigenvalue weighted by Crippen LogP contribution is -2.46. The Morgan fingerprint density at radius 1 is 1.08 bits per heavy atom. The molecule has 0 bridgehead atoms. The Labute approximate surface area is 225 Å². The van der Waals surface area contributed by atoms with E-state index in [2.05, 4.69) is 32.2 Å². The van der Waals surface area contributed by atoms with Gasteiger partial charge >= 0.3 is 0 Å². The highest BCUT2D eigenvalue weighted by molar-refractivity contribution is 5.94. The van der Waals surface area contributed by atoms with Crippen molar-refractivity contribution in [1.29, 1.82) is 0 Å². The number of ether oxygens (including phenoxy) is 1. The molecule has 3 aromatic heterocycles. The van der Waals surface area contributed by atoms with E-state index >= 15 is 0 Å². The minimum atomic E-state index is -0.688. The van der Waals surface area contributed by atoms with Crippen LogP contribution >= 0.6 is 0 Å².